The predicted molar refractivity (Wildman–Crippen MR) is 95.6 cm³/mol. The number of sulfone groups is 1. The van der Waals surface area contributed by atoms with Crippen molar-refractivity contribution in [2.45, 2.75) is 17.6 Å². The molecule has 0 spiro atoms. The lowest BCUT2D eigenvalue weighted by atomic mass is 10.00. The van der Waals surface area contributed by atoms with Crippen LogP contribution in [0.25, 0.3) is 11.1 Å². The van der Waals surface area contributed by atoms with Crippen molar-refractivity contribution in [1.29, 1.82) is 0 Å². The van der Waals surface area contributed by atoms with Gasteiger partial charge in [0.25, 0.3) is 0 Å². The fraction of sp³-hybridized carbons (Fsp3) is 0.100. The Morgan fingerprint density at radius 1 is 0.833 bits per heavy atom. The predicted octanol–water partition coefficient (Wildman–Crippen LogP) is 4.34. The fourth-order valence-electron chi connectivity index (χ4n) is 2.68. The van der Waals surface area contributed by atoms with Gasteiger partial charge in [0.2, 0.25) is 0 Å². The van der Waals surface area contributed by atoms with Crippen molar-refractivity contribution in [3.8, 4) is 16.9 Å². The Morgan fingerprint density at radius 2 is 1.50 bits per heavy atom. The molecule has 1 N–H and O–H groups in total. The van der Waals surface area contributed by atoms with Gasteiger partial charge in [0.15, 0.2) is 9.84 Å². The summed E-state index contributed by atoms with van der Waals surface area (Å²) < 4.78 is 25.5. The second-order valence-electron chi connectivity index (χ2n) is 5.75. The molecule has 0 amide bonds. The van der Waals surface area contributed by atoms with E-state index in [9.17, 15) is 13.5 Å². The molecule has 0 fully saturated rings. The highest BCUT2D eigenvalue weighted by atomic mass is 32.2. The number of hydrogen-bond acceptors (Lipinski definition) is 3. The minimum atomic E-state index is -3.49. The molecule has 0 unspecified atom stereocenters. The van der Waals surface area contributed by atoms with Crippen LogP contribution in [-0.4, -0.2) is 13.5 Å². The molecule has 122 valence electrons. The standard InChI is InChI=1S/C20H18O3S/c1-15-10-12-18(13-11-15)24(22,23)14-17-8-5-9-19(21)20(17)16-6-3-2-4-7-16/h2-13,21H,14H2,1H3. The van der Waals surface area contributed by atoms with Gasteiger partial charge in [-0.05, 0) is 36.2 Å². The molecule has 3 aromatic carbocycles. The zero-order chi connectivity index (χ0) is 17.2. The van der Waals surface area contributed by atoms with E-state index in [2.05, 4.69) is 0 Å². The Balaban J connectivity index is 2.05. The van der Waals surface area contributed by atoms with Crippen LogP contribution in [0.2, 0.25) is 0 Å². The van der Waals surface area contributed by atoms with E-state index in [1.54, 1.807) is 42.5 Å². The van der Waals surface area contributed by atoms with Crippen LogP contribution in [0.15, 0.2) is 77.7 Å². The highest BCUT2D eigenvalue weighted by molar-refractivity contribution is 7.90. The van der Waals surface area contributed by atoms with Crippen LogP contribution in [0.4, 0.5) is 0 Å². The van der Waals surface area contributed by atoms with Gasteiger partial charge in [0.1, 0.15) is 5.75 Å². The number of phenols is 1. The number of phenolic OH excluding ortho intramolecular Hbond substituents is 1. The Kier molecular flexibility index (Phi) is 4.40. The average molecular weight is 338 g/mol. The molecular formula is C20H18O3S. The first-order chi connectivity index (χ1) is 11.5. The van der Waals surface area contributed by atoms with E-state index in [-0.39, 0.29) is 16.4 Å². The molecule has 0 saturated heterocycles. The number of aryl methyl sites for hydroxylation is 1. The molecule has 3 rings (SSSR count). The SMILES string of the molecule is Cc1ccc(S(=O)(=O)Cc2cccc(O)c2-c2ccccc2)cc1. The molecule has 0 saturated carbocycles. The topological polar surface area (TPSA) is 54.4 Å². The Hall–Kier alpha value is -2.59. The van der Waals surface area contributed by atoms with Crippen LogP contribution in [-0.2, 0) is 15.6 Å². The Bertz CT molecular complexity index is 944. The molecule has 3 aromatic rings. The maximum absolute atomic E-state index is 12.7. The number of hydrogen-bond donors (Lipinski definition) is 1. The first-order valence-corrected chi connectivity index (χ1v) is 9.28. The van der Waals surface area contributed by atoms with Gasteiger partial charge in [0.05, 0.1) is 10.6 Å². The largest absolute Gasteiger partial charge is 0.507 e. The lowest BCUT2D eigenvalue weighted by Crippen LogP contribution is -2.06. The zero-order valence-electron chi connectivity index (χ0n) is 13.3. The van der Waals surface area contributed by atoms with Gasteiger partial charge in [-0.2, -0.15) is 0 Å². The van der Waals surface area contributed by atoms with Crippen molar-refractivity contribution in [2.75, 3.05) is 0 Å². The summed E-state index contributed by atoms with van der Waals surface area (Å²) in [7, 11) is -3.49. The maximum atomic E-state index is 12.7. The van der Waals surface area contributed by atoms with Gasteiger partial charge in [-0.1, -0.05) is 60.2 Å². The van der Waals surface area contributed by atoms with Gasteiger partial charge in [-0.3, -0.25) is 0 Å². The molecule has 0 bridgehead atoms. The molecule has 4 heteroatoms. The third-order valence-corrected chi connectivity index (χ3v) is 5.60. The second kappa shape index (κ2) is 6.49. The highest BCUT2D eigenvalue weighted by Gasteiger charge is 2.19. The second-order valence-corrected chi connectivity index (χ2v) is 7.74. The van der Waals surface area contributed by atoms with Crippen LogP contribution >= 0.6 is 0 Å². The van der Waals surface area contributed by atoms with E-state index < -0.39 is 9.84 Å². The van der Waals surface area contributed by atoms with E-state index in [0.717, 1.165) is 11.1 Å². The van der Waals surface area contributed by atoms with E-state index in [1.807, 2.05) is 37.3 Å². The van der Waals surface area contributed by atoms with E-state index in [0.29, 0.717) is 11.1 Å². The van der Waals surface area contributed by atoms with Crippen LogP contribution in [0, 0.1) is 6.92 Å². The summed E-state index contributed by atoms with van der Waals surface area (Å²) in [6, 6.07) is 21.1. The summed E-state index contributed by atoms with van der Waals surface area (Å²) in [5, 5.41) is 10.3. The summed E-state index contributed by atoms with van der Waals surface area (Å²) in [5.41, 5.74) is 2.96. The molecule has 0 aliphatic heterocycles. The smallest absolute Gasteiger partial charge is 0.182 e. The molecular weight excluding hydrogens is 320 g/mol. The van der Waals surface area contributed by atoms with Crippen molar-refractivity contribution in [1.82, 2.24) is 0 Å². The minimum Gasteiger partial charge on any atom is -0.507 e. The van der Waals surface area contributed by atoms with Crippen molar-refractivity contribution in [3.05, 3.63) is 83.9 Å². The zero-order valence-corrected chi connectivity index (χ0v) is 14.1. The summed E-state index contributed by atoms with van der Waals surface area (Å²) in [6.07, 6.45) is 0. The van der Waals surface area contributed by atoms with Crippen LogP contribution in [0.5, 0.6) is 5.75 Å². The van der Waals surface area contributed by atoms with Gasteiger partial charge < -0.3 is 5.11 Å². The molecule has 24 heavy (non-hydrogen) atoms. The van der Waals surface area contributed by atoms with Crippen molar-refractivity contribution >= 4 is 9.84 Å². The maximum Gasteiger partial charge on any atom is 0.182 e. The summed E-state index contributed by atoms with van der Waals surface area (Å²) in [4.78, 5) is 0.287. The van der Waals surface area contributed by atoms with Crippen LogP contribution in [0.1, 0.15) is 11.1 Å². The van der Waals surface area contributed by atoms with Gasteiger partial charge in [-0.15, -0.1) is 0 Å². The third kappa shape index (κ3) is 3.34. The van der Waals surface area contributed by atoms with Gasteiger partial charge in [0, 0.05) is 5.56 Å². The normalized spacial score (nSPS) is 11.4. The van der Waals surface area contributed by atoms with Crippen molar-refractivity contribution in [3.63, 3.8) is 0 Å². The van der Waals surface area contributed by atoms with E-state index >= 15 is 0 Å². The summed E-state index contributed by atoms with van der Waals surface area (Å²) >= 11 is 0. The first-order valence-electron chi connectivity index (χ1n) is 7.63. The monoisotopic (exact) mass is 338 g/mol. The lowest BCUT2D eigenvalue weighted by Gasteiger charge is -2.12. The fourth-order valence-corrected chi connectivity index (χ4v) is 4.05. The summed E-state index contributed by atoms with van der Waals surface area (Å²) in [6.45, 7) is 1.92. The quantitative estimate of drug-likeness (QED) is 0.770. The molecule has 0 aliphatic rings. The van der Waals surface area contributed by atoms with E-state index in [4.69, 9.17) is 0 Å². The molecule has 0 radical (unpaired) electrons. The van der Waals surface area contributed by atoms with E-state index in [1.165, 1.54) is 0 Å². The third-order valence-electron chi connectivity index (χ3n) is 3.92. The average Bonchev–Trinajstić information content (AvgIpc) is 2.56. The molecule has 3 nitrogen and oxygen atoms in total. The Labute approximate surface area is 142 Å². The van der Waals surface area contributed by atoms with Crippen molar-refractivity contribution in [2.24, 2.45) is 0 Å². The number of benzene rings is 3. The summed E-state index contributed by atoms with van der Waals surface area (Å²) in [5.74, 6) is -0.0767. The highest BCUT2D eigenvalue weighted by Crippen LogP contribution is 2.34. The minimum absolute atomic E-state index is 0.0813. The van der Waals surface area contributed by atoms with Crippen molar-refractivity contribution < 1.29 is 13.5 Å². The van der Waals surface area contributed by atoms with Crippen LogP contribution < -0.4 is 0 Å². The number of rotatable bonds is 4. The van der Waals surface area contributed by atoms with Gasteiger partial charge in [-0.25, -0.2) is 8.42 Å². The first kappa shape index (κ1) is 16.3. The molecule has 0 aliphatic carbocycles. The number of aromatic hydroxyl groups is 1. The van der Waals surface area contributed by atoms with Crippen LogP contribution in [0.3, 0.4) is 0 Å². The lowest BCUT2D eigenvalue weighted by molar-refractivity contribution is 0.477. The molecule has 0 heterocycles. The van der Waals surface area contributed by atoms with Gasteiger partial charge >= 0.3 is 0 Å². The molecule has 0 atom stereocenters. The Morgan fingerprint density at radius 3 is 2.17 bits per heavy atom. The molecule has 0 aromatic heterocycles.